The van der Waals surface area contributed by atoms with Crippen molar-refractivity contribution in [2.45, 2.75) is 20.4 Å². The standard InChI is InChI=1S/C19H20N3/c1-4-21-13-12-20(3)19(21)22-17-11-6-5-9-15(17)16-10-7-8-14(2)18(16)22/h5-13H,4H2,1-3H3/q+1. The summed E-state index contributed by atoms with van der Waals surface area (Å²) in [7, 11) is 2.11. The summed E-state index contributed by atoms with van der Waals surface area (Å²) in [5.74, 6) is 1.20. The Morgan fingerprint density at radius 3 is 2.59 bits per heavy atom. The molecule has 110 valence electrons. The van der Waals surface area contributed by atoms with E-state index in [9.17, 15) is 0 Å². The van der Waals surface area contributed by atoms with Crippen LogP contribution in [0.25, 0.3) is 27.8 Å². The van der Waals surface area contributed by atoms with E-state index in [1.54, 1.807) is 0 Å². The van der Waals surface area contributed by atoms with E-state index in [-0.39, 0.29) is 0 Å². The van der Waals surface area contributed by atoms with Gasteiger partial charge in [0.1, 0.15) is 11.0 Å². The highest BCUT2D eigenvalue weighted by Crippen LogP contribution is 2.32. The molecule has 0 amide bonds. The molecule has 2 heterocycles. The Hall–Kier alpha value is -2.55. The van der Waals surface area contributed by atoms with Gasteiger partial charge in [-0.3, -0.25) is 0 Å². The highest BCUT2D eigenvalue weighted by atomic mass is 15.3. The molecular formula is C19H20N3+. The minimum absolute atomic E-state index is 0.954. The van der Waals surface area contributed by atoms with Crippen LogP contribution in [-0.4, -0.2) is 9.13 Å². The van der Waals surface area contributed by atoms with Gasteiger partial charge in [0.15, 0.2) is 0 Å². The molecule has 0 aliphatic carbocycles. The van der Waals surface area contributed by atoms with Gasteiger partial charge in [0, 0.05) is 10.8 Å². The van der Waals surface area contributed by atoms with Crippen LogP contribution >= 0.6 is 0 Å². The van der Waals surface area contributed by atoms with Crippen LogP contribution in [0.15, 0.2) is 54.9 Å². The molecule has 0 unspecified atom stereocenters. The molecule has 0 radical (unpaired) electrons. The molecule has 3 heteroatoms. The van der Waals surface area contributed by atoms with Crippen LogP contribution in [0.5, 0.6) is 0 Å². The average molecular weight is 290 g/mol. The molecule has 0 N–H and O–H groups in total. The second kappa shape index (κ2) is 4.73. The molecule has 0 spiro atoms. The maximum absolute atomic E-state index is 2.39. The zero-order valence-corrected chi connectivity index (χ0v) is 13.2. The molecular weight excluding hydrogens is 270 g/mol. The molecule has 0 saturated heterocycles. The Morgan fingerprint density at radius 1 is 1.00 bits per heavy atom. The summed E-state index contributed by atoms with van der Waals surface area (Å²) < 4.78 is 6.88. The number of rotatable bonds is 2. The van der Waals surface area contributed by atoms with Crippen molar-refractivity contribution >= 4 is 21.8 Å². The molecule has 0 saturated carbocycles. The van der Waals surface area contributed by atoms with Crippen molar-refractivity contribution in [3.05, 3.63) is 60.4 Å². The minimum Gasteiger partial charge on any atom is -0.237 e. The van der Waals surface area contributed by atoms with Crippen LogP contribution < -0.4 is 4.57 Å². The fourth-order valence-electron chi connectivity index (χ4n) is 3.45. The number of fused-ring (bicyclic) bond motifs is 3. The summed E-state index contributed by atoms with van der Waals surface area (Å²) in [6.07, 6.45) is 4.27. The van der Waals surface area contributed by atoms with Crippen molar-refractivity contribution in [2.24, 2.45) is 7.05 Å². The molecule has 2 aromatic carbocycles. The number of nitrogens with zero attached hydrogens (tertiary/aromatic N) is 3. The lowest BCUT2D eigenvalue weighted by atomic mass is 10.1. The van der Waals surface area contributed by atoms with E-state index in [1.165, 1.54) is 33.3 Å². The van der Waals surface area contributed by atoms with E-state index in [0.717, 1.165) is 6.54 Å². The molecule has 22 heavy (non-hydrogen) atoms. The topological polar surface area (TPSA) is 13.7 Å². The van der Waals surface area contributed by atoms with E-state index in [4.69, 9.17) is 0 Å². The van der Waals surface area contributed by atoms with Gasteiger partial charge in [-0.1, -0.05) is 36.4 Å². The lowest BCUT2D eigenvalue weighted by molar-refractivity contribution is -0.664. The van der Waals surface area contributed by atoms with Gasteiger partial charge < -0.3 is 0 Å². The van der Waals surface area contributed by atoms with Gasteiger partial charge in [0.2, 0.25) is 0 Å². The predicted octanol–water partition coefficient (Wildman–Crippen LogP) is 3.74. The number of aromatic nitrogens is 3. The number of benzene rings is 2. The van der Waals surface area contributed by atoms with Crippen LogP contribution in [0.2, 0.25) is 0 Å². The van der Waals surface area contributed by atoms with E-state index < -0.39 is 0 Å². The Labute approximate surface area is 130 Å². The van der Waals surface area contributed by atoms with E-state index in [1.807, 2.05) is 0 Å². The molecule has 0 aliphatic rings. The number of para-hydroxylation sites is 2. The van der Waals surface area contributed by atoms with E-state index in [2.05, 4.69) is 89.5 Å². The van der Waals surface area contributed by atoms with Gasteiger partial charge in [-0.05, 0) is 25.5 Å². The smallest absolute Gasteiger partial charge is 0.237 e. The third-order valence-electron chi connectivity index (χ3n) is 4.48. The number of hydrogen-bond donors (Lipinski definition) is 0. The van der Waals surface area contributed by atoms with Gasteiger partial charge >= 0.3 is 5.95 Å². The Morgan fingerprint density at radius 2 is 1.77 bits per heavy atom. The monoisotopic (exact) mass is 290 g/mol. The van der Waals surface area contributed by atoms with Crippen molar-refractivity contribution in [3.8, 4) is 5.95 Å². The van der Waals surface area contributed by atoms with E-state index in [0.29, 0.717) is 0 Å². The van der Waals surface area contributed by atoms with Crippen LogP contribution in [-0.2, 0) is 13.6 Å². The SMILES string of the molecule is CCn1cc[n+](C)c1-n1c2ccccc2c2cccc(C)c21. The maximum atomic E-state index is 2.39. The summed E-state index contributed by atoms with van der Waals surface area (Å²) in [5.41, 5.74) is 3.86. The lowest BCUT2D eigenvalue weighted by Gasteiger charge is -2.05. The number of aryl methyl sites for hydroxylation is 3. The Bertz CT molecular complexity index is 989. The summed E-state index contributed by atoms with van der Waals surface area (Å²) in [4.78, 5) is 0. The molecule has 4 rings (SSSR count). The second-order valence-corrected chi connectivity index (χ2v) is 5.82. The largest absolute Gasteiger partial charge is 0.369 e. The molecule has 0 bridgehead atoms. The summed E-state index contributed by atoms with van der Waals surface area (Å²) in [5, 5.41) is 2.63. The number of hydrogen-bond acceptors (Lipinski definition) is 0. The first-order chi connectivity index (χ1) is 10.7. The third kappa shape index (κ3) is 1.65. The highest BCUT2D eigenvalue weighted by molar-refractivity contribution is 6.09. The normalized spacial score (nSPS) is 11.6. The quantitative estimate of drug-likeness (QED) is 0.499. The summed E-state index contributed by atoms with van der Waals surface area (Å²) in [6, 6.07) is 15.2. The van der Waals surface area contributed by atoms with Crippen LogP contribution in [0.3, 0.4) is 0 Å². The lowest BCUT2D eigenvalue weighted by Crippen LogP contribution is -2.32. The molecule has 0 fully saturated rings. The molecule has 0 atom stereocenters. The highest BCUT2D eigenvalue weighted by Gasteiger charge is 2.23. The first kappa shape index (κ1) is 13.1. The molecule has 3 nitrogen and oxygen atoms in total. The zero-order chi connectivity index (χ0) is 15.3. The van der Waals surface area contributed by atoms with Gasteiger partial charge in [-0.25, -0.2) is 9.13 Å². The molecule has 2 aromatic heterocycles. The average Bonchev–Trinajstić information content (AvgIpc) is 3.06. The van der Waals surface area contributed by atoms with Gasteiger partial charge in [0.05, 0.1) is 26.0 Å². The first-order valence-corrected chi connectivity index (χ1v) is 7.76. The molecule has 0 aliphatic heterocycles. The predicted molar refractivity (Wildman–Crippen MR) is 90.4 cm³/mol. The fourth-order valence-corrected chi connectivity index (χ4v) is 3.45. The zero-order valence-electron chi connectivity index (χ0n) is 13.2. The van der Waals surface area contributed by atoms with Crippen molar-refractivity contribution in [2.75, 3.05) is 0 Å². The Balaban J connectivity index is 2.27. The van der Waals surface area contributed by atoms with Crippen LogP contribution in [0, 0.1) is 6.92 Å². The summed E-state index contributed by atoms with van der Waals surface area (Å²) in [6.45, 7) is 5.33. The van der Waals surface area contributed by atoms with Gasteiger partial charge in [-0.2, -0.15) is 4.57 Å². The third-order valence-corrected chi connectivity index (χ3v) is 4.48. The Kier molecular flexibility index (Phi) is 2.83. The maximum Gasteiger partial charge on any atom is 0.369 e. The second-order valence-electron chi connectivity index (χ2n) is 5.82. The number of imidazole rings is 1. The first-order valence-electron chi connectivity index (χ1n) is 7.76. The van der Waals surface area contributed by atoms with Crippen LogP contribution in [0.4, 0.5) is 0 Å². The molecule has 4 aromatic rings. The van der Waals surface area contributed by atoms with Gasteiger partial charge in [-0.15, -0.1) is 0 Å². The van der Waals surface area contributed by atoms with Crippen molar-refractivity contribution in [1.29, 1.82) is 0 Å². The summed E-state index contributed by atoms with van der Waals surface area (Å²) >= 11 is 0. The van der Waals surface area contributed by atoms with Crippen molar-refractivity contribution < 1.29 is 4.57 Å². The minimum atomic E-state index is 0.954. The van der Waals surface area contributed by atoms with Crippen molar-refractivity contribution in [3.63, 3.8) is 0 Å². The van der Waals surface area contributed by atoms with Crippen LogP contribution in [0.1, 0.15) is 12.5 Å². The van der Waals surface area contributed by atoms with Gasteiger partial charge in [0.25, 0.3) is 0 Å². The fraction of sp³-hybridized carbons (Fsp3) is 0.211. The van der Waals surface area contributed by atoms with Crippen molar-refractivity contribution in [1.82, 2.24) is 9.13 Å². The van der Waals surface area contributed by atoms with E-state index >= 15 is 0 Å².